The lowest BCUT2D eigenvalue weighted by Crippen LogP contribution is -2.32. The Balaban J connectivity index is 1.91. The van der Waals surface area contributed by atoms with Crippen LogP contribution in [0.1, 0.15) is 19.8 Å². The number of nitrogens with zero attached hydrogens (tertiary/aromatic N) is 2. The van der Waals surface area contributed by atoms with E-state index >= 15 is 0 Å². The van der Waals surface area contributed by atoms with Crippen LogP contribution in [0.4, 0.5) is 10.8 Å². The van der Waals surface area contributed by atoms with Gasteiger partial charge in [-0.3, -0.25) is 4.79 Å². The van der Waals surface area contributed by atoms with E-state index in [0.717, 1.165) is 30.9 Å². The molecule has 0 bridgehead atoms. The highest BCUT2D eigenvalue weighted by atomic mass is 32.1. The molecule has 1 aliphatic heterocycles. The van der Waals surface area contributed by atoms with E-state index in [0.29, 0.717) is 18.2 Å². The summed E-state index contributed by atoms with van der Waals surface area (Å²) in [4.78, 5) is 13.7. The second kappa shape index (κ2) is 5.90. The topological polar surface area (TPSA) is 80.5 Å². The molecule has 7 heteroatoms. The van der Waals surface area contributed by atoms with Crippen molar-refractivity contribution in [3.63, 3.8) is 0 Å². The maximum atomic E-state index is 11.9. The SMILES string of the molecule is CCOc1c(N)nsc1NCC(=O)N1CCCC1. The molecule has 0 unspecified atom stereocenters. The number of carbonyl (C=O) groups is 1. The summed E-state index contributed by atoms with van der Waals surface area (Å²) in [6.07, 6.45) is 2.20. The summed E-state index contributed by atoms with van der Waals surface area (Å²) in [6, 6.07) is 0. The Bertz CT molecular complexity index is 415. The van der Waals surface area contributed by atoms with E-state index in [9.17, 15) is 4.79 Å². The lowest BCUT2D eigenvalue weighted by Gasteiger charge is -2.15. The van der Waals surface area contributed by atoms with E-state index in [1.807, 2.05) is 11.8 Å². The molecular weight excluding hydrogens is 252 g/mol. The second-order valence-corrected chi connectivity index (χ2v) is 4.87. The van der Waals surface area contributed by atoms with Crippen molar-refractivity contribution in [3.05, 3.63) is 0 Å². The standard InChI is InChI=1S/C11H18N4O2S/c1-2-17-9-10(12)14-18-11(9)13-7-8(16)15-5-3-4-6-15/h13H,2-7H2,1H3,(H2,12,14). The molecule has 0 saturated carbocycles. The second-order valence-electron chi connectivity index (χ2n) is 4.10. The lowest BCUT2D eigenvalue weighted by atomic mass is 10.4. The number of nitrogens with two attached hydrogens (primary N) is 1. The summed E-state index contributed by atoms with van der Waals surface area (Å²) in [5, 5.41) is 3.78. The molecule has 6 nitrogen and oxygen atoms in total. The van der Waals surface area contributed by atoms with Gasteiger partial charge >= 0.3 is 0 Å². The third-order valence-corrected chi connectivity index (χ3v) is 3.62. The van der Waals surface area contributed by atoms with Crippen LogP contribution in [0.5, 0.6) is 5.75 Å². The first kappa shape index (κ1) is 12.9. The lowest BCUT2D eigenvalue weighted by molar-refractivity contribution is -0.128. The zero-order chi connectivity index (χ0) is 13.0. The Morgan fingerprint density at radius 1 is 1.56 bits per heavy atom. The highest BCUT2D eigenvalue weighted by Crippen LogP contribution is 2.34. The number of hydrogen-bond acceptors (Lipinski definition) is 6. The molecule has 0 radical (unpaired) electrons. The van der Waals surface area contributed by atoms with Gasteiger partial charge in [-0.15, -0.1) is 0 Å². The number of likely N-dealkylation sites (tertiary alicyclic amines) is 1. The number of nitrogen functional groups attached to an aromatic ring is 1. The fraction of sp³-hybridized carbons (Fsp3) is 0.636. The van der Waals surface area contributed by atoms with Gasteiger partial charge in [-0.1, -0.05) is 0 Å². The van der Waals surface area contributed by atoms with Crippen LogP contribution in [0.2, 0.25) is 0 Å². The van der Waals surface area contributed by atoms with Crippen LogP contribution in [0, 0.1) is 0 Å². The number of anilines is 2. The Hall–Kier alpha value is -1.50. The number of amides is 1. The molecule has 0 aliphatic carbocycles. The summed E-state index contributed by atoms with van der Waals surface area (Å²) < 4.78 is 9.42. The van der Waals surface area contributed by atoms with Crippen LogP contribution >= 0.6 is 11.5 Å². The van der Waals surface area contributed by atoms with Gasteiger partial charge in [-0.05, 0) is 31.3 Å². The number of nitrogens with one attached hydrogen (secondary N) is 1. The average molecular weight is 270 g/mol. The first-order chi connectivity index (χ1) is 8.72. The van der Waals surface area contributed by atoms with Gasteiger partial charge in [0.15, 0.2) is 16.6 Å². The van der Waals surface area contributed by atoms with Gasteiger partial charge in [0.1, 0.15) is 0 Å². The Morgan fingerprint density at radius 3 is 2.94 bits per heavy atom. The summed E-state index contributed by atoms with van der Waals surface area (Å²) in [6.45, 7) is 4.41. The molecule has 18 heavy (non-hydrogen) atoms. The monoisotopic (exact) mass is 270 g/mol. The van der Waals surface area contributed by atoms with E-state index in [2.05, 4.69) is 9.69 Å². The van der Waals surface area contributed by atoms with Crippen molar-refractivity contribution in [2.75, 3.05) is 37.3 Å². The number of aromatic nitrogens is 1. The molecule has 1 aromatic heterocycles. The fourth-order valence-electron chi connectivity index (χ4n) is 1.92. The van der Waals surface area contributed by atoms with Gasteiger partial charge in [0, 0.05) is 13.1 Å². The van der Waals surface area contributed by atoms with Crippen molar-refractivity contribution in [2.24, 2.45) is 0 Å². The molecule has 1 aliphatic rings. The van der Waals surface area contributed by atoms with Gasteiger partial charge in [-0.25, -0.2) is 0 Å². The van der Waals surface area contributed by atoms with Crippen molar-refractivity contribution in [3.8, 4) is 5.75 Å². The third kappa shape index (κ3) is 2.84. The first-order valence-corrected chi connectivity index (χ1v) is 6.89. The molecule has 0 spiro atoms. The normalized spacial score (nSPS) is 14.8. The summed E-state index contributed by atoms with van der Waals surface area (Å²) in [5.74, 6) is 1.04. The highest BCUT2D eigenvalue weighted by molar-refractivity contribution is 7.11. The Morgan fingerprint density at radius 2 is 2.28 bits per heavy atom. The van der Waals surface area contributed by atoms with E-state index in [1.54, 1.807) is 0 Å². The zero-order valence-corrected chi connectivity index (χ0v) is 11.3. The maximum Gasteiger partial charge on any atom is 0.241 e. The molecule has 2 heterocycles. The molecule has 1 fully saturated rings. The molecule has 1 aromatic rings. The van der Waals surface area contributed by atoms with Crippen LogP contribution in [-0.4, -0.2) is 41.4 Å². The van der Waals surface area contributed by atoms with Crippen molar-refractivity contribution < 1.29 is 9.53 Å². The number of ether oxygens (including phenoxy) is 1. The molecule has 1 amide bonds. The molecule has 100 valence electrons. The number of carbonyl (C=O) groups excluding carboxylic acids is 1. The summed E-state index contributed by atoms with van der Waals surface area (Å²) >= 11 is 1.22. The van der Waals surface area contributed by atoms with Gasteiger partial charge < -0.3 is 20.7 Å². The van der Waals surface area contributed by atoms with E-state index in [1.165, 1.54) is 11.5 Å². The minimum absolute atomic E-state index is 0.113. The number of rotatable bonds is 5. The van der Waals surface area contributed by atoms with Gasteiger partial charge in [-0.2, -0.15) is 4.37 Å². The van der Waals surface area contributed by atoms with Gasteiger partial charge in [0.25, 0.3) is 0 Å². The van der Waals surface area contributed by atoms with E-state index in [4.69, 9.17) is 10.5 Å². The predicted molar refractivity (Wildman–Crippen MR) is 72.0 cm³/mol. The minimum Gasteiger partial charge on any atom is -0.487 e. The molecule has 2 rings (SSSR count). The van der Waals surface area contributed by atoms with Crippen molar-refractivity contribution >= 4 is 28.3 Å². The Kier molecular flexibility index (Phi) is 4.24. The van der Waals surface area contributed by atoms with Crippen molar-refractivity contribution in [2.45, 2.75) is 19.8 Å². The van der Waals surface area contributed by atoms with Gasteiger partial charge in [0.05, 0.1) is 13.2 Å². The third-order valence-electron chi connectivity index (χ3n) is 2.82. The Labute approximate surface area is 110 Å². The van der Waals surface area contributed by atoms with Crippen LogP contribution < -0.4 is 15.8 Å². The molecule has 0 atom stereocenters. The van der Waals surface area contributed by atoms with Crippen LogP contribution in [0.25, 0.3) is 0 Å². The van der Waals surface area contributed by atoms with Crippen molar-refractivity contribution in [1.82, 2.24) is 9.27 Å². The minimum atomic E-state index is 0.113. The largest absolute Gasteiger partial charge is 0.487 e. The van der Waals surface area contributed by atoms with Crippen LogP contribution in [0.3, 0.4) is 0 Å². The van der Waals surface area contributed by atoms with E-state index < -0.39 is 0 Å². The molecular formula is C11H18N4O2S. The number of hydrogen-bond donors (Lipinski definition) is 2. The molecule has 3 N–H and O–H groups in total. The smallest absolute Gasteiger partial charge is 0.241 e. The average Bonchev–Trinajstić information content (AvgIpc) is 2.99. The fourth-order valence-corrected chi connectivity index (χ4v) is 2.58. The van der Waals surface area contributed by atoms with Gasteiger partial charge in [0.2, 0.25) is 5.91 Å². The summed E-state index contributed by atoms with van der Waals surface area (Å²) in [7, 11) is 0. The van der Waals surface area contributed by atoms with Crippen LogP contribution in [-0.2, 0) is 4.79 Å². The highest BCUT2D eigenvalue weighted by Gasteiger charge is 2.19. The summed E-state index contributed by atoms with van der Waals surface area (Å²) in [5.41, 5.74) is 5.69. The first-order valence-electron chi connectivity index (χ1n) is 6.12. The van der Waals surface area contributed by atoms with Crippen LogP contribution in [0.15, 0.2) is 0 Å². The molecule has 0 aromatic carbocycles. The quantitative estimate of drug-likeness (QED) is 0.839. The zero-order valence-electron chi connectivity index (χ0n) is 10.4. The maximum absolute atomic E-state index is 11.9. The predicted octanol–water partition coefficient (Wildman–Crippen LogP) is 1.16. The molecule has 1 saturated heterocycles. The van der Waals surface area contributed by atoms with Crippen molar-refractivity contribution in [1.29, 1.82) is 0 Å². The van der Waals surface area contributed by atoms with E-state index in [-0.39, 0.29) is 12.5 Å².